The van der Waals surface area contributed by atoms with E-state index in [9.17, 15) is 25.6 Å². The Balaban J connectivity index is 0.000000290. The van der Waals surface area contributed by atoms with E-state index < -0.39 is 25.5 Å². The third-order valence-electron chi connectivity index (χ3n) is 9.86. The number of ether oxygens (including phenoxy) is 2. The molecule has 0 heterocycles. The Morgan fingerprint density at radius 2 is 1.13 bits per heavy atom. The van der Waals surface area contributed by atoms with Crippen LogP contribution in [0.25, 0.3) is 0 Å². The van der Waals surface area contributed by atoms with Crippen LogP contribution < -0.4 is 9.47 Å². The molecule has 2 saturated carbocycles. The van der Waals surface area contributed by atoms with Gasteiger partial charge in [0.2, 0.25) is 0 Å². The highest BCUT2D eigenvalue weighted by Gasteiger charge is 2.25. The van der Waals surface area contributed by atoms with Crippen molar-refractivity contribution in [3.05, 3.63) is 71.3 Å². The predicted molar refractivity (Wildman–Crippen MR) is 219 cm³/mol. The van der Waals surface area contributed by atoms with Crippen LogP contribution in [0.15, 0.2) is 48.6 Å². The van der Waals surface area contributed by atoms with Gasteiger partial charge >= 0.3 is 0 Å². The molecule has 0 N–H and O–H groups in total. The minimum Gasteiger partial charge on any atom is -0.490 e. The van der Waals surface area contributed by atoms with Crippen molar-refractivity contribution < 1.29 is 35.1 Å². The van der Waals surface area contributed by atoms with Crippen LogP contribution in [0, 0.1) is 34.3 Å². The maximum atomic E-state index is 13.9. The summed E-state index contributed by atoms with van der Waals surface area (Å²) in [6.45, 7) is 18.0. The first-order chi connectivity index (χ1) is 25.1. The second-order valence-corrected chi connectivity index (χ2v) is 22.7. The van der Waals surface area contributed by atoms with E-state index in [2.05, 4.69) is 41.5 Å². The van der Waals surface area contributed by atoms with Crippen LogP contribution in [0.1, 0.15) is 143 Å². The zero-order chi connectivity index (χ0) is 40.2. The summed E-state index contributed by atoms with van der Waals surface area (Å²) in [5.74, 6) is 0.822. The van der Waals surface area contributed by atoms with Gasteiger partial charge in [-0.2, -0.15) is 0 Å². The summed E-state index contributed by atoms with van der Waals surface area (Å²) in [5.41, 5.74) is 2.16. The maximum absolute atomic E-state index is 13.9. The summed E-state index contributed by atoms with van der Waals surface area (Å²) >= 11 is 0. The van der Waals surface area contributed by atoms with Gasteiger partial charge in [-0.3, -0.25) is 0 Å². The first kappa shape index (κ1) is 45.9. The van der Waals surface area contributed by atoms with Gasteiger partial charge in [0.25, 0.3) is 0 Å². The average Bonchev–Trinajstić information content (AvgIpc) is 3.98. The van der Waals surface area contributed by atoms with Gasteiger partial charge in [-0.05, 0) is 121 Å². The standard InChI is InChI=1S/C22H35FO3S.C22H33FO3S/c2*1-17(16-27(24,25)13-7-5-6-12-22(2,3)4)19-10-11-20(23)21(14-19)26-15-18-8-9-18/h10-11,14,17-18H,5-9,12-13,15-16H2,1-4H3;5,7,10-11,14,17-18H,6,8-9,12-13,15-16H2,1-4H3/b;7-5+/t2*17-/m10/s1. The lowest BCUT2D eigenvalue weighted by Crippen LogP contribution is -2.16. The van der Waals surface area contributed by atoms with E-state index in [0.717, 1.165) is 68.9 Å². The highest BCUT2D eigenvalue weighted by Crippen LogP contribution is 2.33. The minimum atomic E-state index is -3.20. The smallest absolute Gasteiger partial charge is 0.165 e. The summed E-state index contributed by atoms with van der Waals surface area (Å²) in [6.07, 6.45) is 14.0. The number of allylic oxidation sites excluding steroid dienone is 1. The lowest BCUT2D eigenvalue weighted by molar-refractivity contribution is 0.285. The third kappa shape index (κ3) is 19.4. The van der Waals surface area contributed by atoms with E-state index in [1.807, 2.05) is 19.9 Å². The monoisotopic (exact) mass is 794 g/mol. The van der Waals surface area contributed by atoms with Crippen molar-refractivity contribution in [2.24, 2.45) is 22.7 Å². The summed E-state index contributed by atoms with van der Waals surface area (Å²) in [5, 5.41) is 0. The molecule has 2 aliphatic rings. The SMILES string of the molecule is C[C@@H](CS(=O)(=O)C/C=C/CCC(C)(C)C)c1ccc(F)c(OCC2CC2)c1.C[C@H](CS(=O)(=O)CCCCCC(C)(C)C)c1ccc(F)c(OCC2CC2)c1. The van der Waals surface area contributed by atoms with Gasteiger partial charge in [-0.25, -0.2) is 25.6 Å². The van der Waals surface area contributed by atoms with Gasteiger partial charge in [-0.1, -0.05) is 92.5 Å². The number of benzene rings is 2. The molecule has 6 nitrogen and oxygen atoms in total. The van der Waals surface area contributed by atoms with E-state index >= 15 is 0 Å². The van der Waals surface area contributed by atoms with Crippen molar-refractivity contribution in [1.29, 1.82) is 0 Å². The molecule has 0 saturated heterocycles. The first-order valence-corrected chi connectivity index (χ1v) is 23.7. The number of unbranched alkanes of at least 4 members (excludes halogenated alkanes) is 2. The molecule has 2 fully saturated rings. The molecule has 2 aromatic carbocycles. The fourth-order valence-electron chi connectivity index (χ4n) is 5.97. The fourth-order valence-corrected chi connectivity index (χ4v) is 9.25. The molecule has 0 radical (unpaired) electrons. The molecule has 2 aromatic rings. The number of rotatable bonds is 21. The molecule has 2 atom stereocenters. The molecule has 0 aliphatic heterocycles. The van der Waals surface area contributed by atoms with Crippen LogP contribution in [0.4, 0.5) is 8.78 Å². The number of hydrogen-bond donors (Lipinski definition) is 0. The highest BCUT2D eigenvalue weighted by atomic mass is 32.2. The zero-order valence-electron chi connectivity index (χ0n) is 34.3. The summed E-state index contributed by atoms with van der Waals surface area (Å²) in [7, 11) is -6.32. The Bertz CT molecular complexity index is 1700. The molecule has 10 heteroatoms. The largest absolute Gasteiger partial charge is 0.490 e. The maximum Gasteiger partial charge on any atom is 0.165 e. The quantitative estimate of drug-likeness (QED) is 0.0924. The Morgan fingerprint density at radius 1 is 0.667 bits per heavy atom. The fraction of sp³-hybridized carbons (Fsp3) is 0.682. The Kier molecular flexibility index (Phi) is 17.5. The Morgan fingerprint density at radius 3 is 1.57 bits per heavy atom. The lowest BCUT2D eigenvalue weighted by Gasteiger charge is -2.17. The van der Waals surface area contributed by atoms with E-state index in [1.165, 1.54) is 12.1 Å². The minimum absolute atomic E-state index is 0.0459. The van der Waals surface area contributed by atoms with Crippen LogP contribution in [-0.4, -0.2) is 53.1 Å². The van der Waals surface area contributed by atoms with Gasteiger partial charge < -0.3 is 9.47 Å². The van der Waals surface area contributed by atoms with Crippen molar-refractivity contribution in [3.8, 4) is 11.5 Å². The topological polar surface area (TPSA) is 86.7 Å². The molecule has 0 amide bonds. The first-order valence-electron chi connectivity index (χ1n) is 20.0. The summed E-state index contributed by atoms with van der Waals surface area (Å²) < 4.78 is 88.6. The van der Waals surface area contributed by atoms with Crippen LogP contribution in [0.2, 0.25) is 0 Å². The summed E-state index contributed by atoms with van der Waals surface area (Å²) in [4.78, 5) is 0. The van der Waals surface area contributed by atoms with Gasteiger partial charge in [0.1, 0.15) is 0 Å². The molecule has 0 bridgehead atoms. The molecule has 4 rings (SSSR count). The third-order valence-corrected chi connectivity index (χ3v) is 13.5. The second kappa shape index (κ2) is 20.6. The molecule has 0 unspecified atom stereocenters. The predicted octanol–water partition coefficient (Wildman–Crippen LogP) is 11.3. The molecular weight excluding hydrogens is 727 g/mol. The molecule has 306 valence electrons. The summed E-state index contributed by atoms with van der Waals surface area (Å²) in [6, 6.07) is 9.39. The molecule has 54 heavy (non-hydrogen) atoms. The zero-order valence-corrected chi connectivity index (χ0v) is 35.9. The molecule has 0 spiro atoms. The number of halogens is 2. The van der Waals surface area contributed by atoms with Crippen LogP contribution in [-0.2, 0) is 19.7 Å². The van der Waals surface area contributed by atoms with Crippen LogP contribution >= 0.6 is 0 Å². The van der Waals surface area contributed by atoms with Crippen LogP contribution in [0.3, 0.4) is 0 Å². The van der Waals surface area contributed by atoms with E-state index in [-0.39, 0.29) is 57.6 Å². The Labute approximate surface area is 326 Å². The Hall–Kier alpha value is -2.46. The number of hydrogen-bond acceptors (Lipinski definition) is 6. The van der Waals surface area contributed by atoms with Gasteiger partial charge in [0.15, 0.2) is 42.8 Å². The van der Waals surface area contributed by atoms with Crippen molar-refractivity contribution in [2.45, 2.75) is 131 Å². The van der Waals surface area contributed by atoms with Gasteiger partial charge in [0, 0.05) is 0 Å². The second-order valence-electron chi connectivity index (χ2n) is 18.3. The van der Waals surface area contributed by atoms with Crippen molar-refractivity contribution in [3.63, 3.8) is 0 Å². The van der Waals surface area contributed by atoms with E-state index in [1.54, 1.807) is 30.3 Å². The normalized spacial score (nSPS) is 16.5. The molecular formula is C44H68F2O6S2. The van der Waals surface area contributed by atoms with Gasteiger partial charge in [0.05, 0.1) is 36.2 Å². The van der Waals surface area contributed by atoms with Crippen molar-refractivity contribution in [2.75, 3.05) is 36.2 Å². The lowest BCUT2D eigenvalue weighted by atomic mass is 9.90. The van der Waals surface area contributed by atoms with E-state index in [4.69, 9.17) is 9.47 Å². The van der Waals surface area contributed by atoms with Crippen molar-refractivity contribution in [1.82, 2.24) is 0 Å². The van der Waals surface area contributed by atoms with Gasteiger partial charge in [-0.15, -0.1) is 0 Å². The average molecular weight is 795 g/mol. The van der Waals surface area contributed by atoms with Crippen molar-refractivity contribution >= 4 is 19.7 Å². The molecule has 0 aromatic heterocycles. The molecule has 2 aliphatic carbocycles. The highest BCUT2D eigenvalue weighted by molar-refractivity contribution is 7.91. The number of sulfone groups is 2. The van der Waals surface area contributed by atoms with E-state index in [0.29, 0.717) is 36.9 Å². The van der Waals surface area contributed by atoms with Crippen LogP contribution in [0.5, 0.6) is 11.5 Å².